The molecule has 0 bridgehead atoms. The van der Waals surface area contributed by atoms with Gasteiger partial charge in [-0.2, -0.15) is 5.10 Å². The molecule has 8 heteroatoms. The van der Waals surface area contributed by atoms with Crippen LogP contribution in [-0.4, -0.2) is 42.9 Å². The molecule has 3 aromatic heterocycles. The molecule has 3 heterocycles. The lowest BCUT2D eigenvalue weighted by Crippen LogP contribution is -2.17. The molecular formula is C23H27N5O3. The van der Waals surface area contributed by atoms with Crippen LogP contribution in [0.5, 0.6) is 6.01 Å². The van der Waals surface area contributed by atoms with Crippen molar-refractivity contribution in [2.45, 2.75) is 51.0 Å². The van der Waals surface area contributed by atoms with Gasteiger partial charge in [0.2, 0.25) is 0 Å². The standard InChI is InChI=1S/C23H27N5O3/c1-31-23-25-14-18(15-26-23)21(13-22(29)30)28-11-9-19(27-28)6-2-4-16-7-8-17-5-3-10-24-20(17)12-16/h3,5,9-11,14-16,21H,2,4,6-8,12-13H2,1H3,(H,29,30)/t16-,21+/m1/s1. The van der Waals surface area contributed by atoms with Crippen LogP contribution in [0.15, 0.2) is 43.0 Å². The van der Waals surface area contributed by atoms with Crippen LogP contribution in [0.4, 0.5) is 0 Å². The minimum Gasteiger partial charge on any atom is -0.481 e. The topological polar surface area (TPSA) is 103 Å². The summed E-state index contributed by atoms with van der Waals surface area (Å²) in [6.07, 6.45) is 13.3. The number of carboxylic acids is 1. The smallest absolute Gasteiger partial charge is 0.316 e. The van der Waals surface area contributed by atoms with Crippen LogP contribution in [0.3, 0.4) is 0 Å². The molecule has 0 aliphatic heterocycles. The third-order valence-corrected chi connectivity index (χ3v) is 5.90. The number of nitrogens with zero attached hydrogens (tertiary/aromatic N) is 5. The highest BCUT2D eigenvalue weighted by Crippen LogP contribution is 2.27. The van der Waals surface area contributed by atoms with Crippen LogP contribution < -0.4 is 4.74 Å². The van der Waals surface area contributed by atoms with Crippen molar-refractivity contribution in [3.8, 4) is 6.01 Å². The van der Waals surface area contributed by atoms with E-state index in [1.54, 1.807) is 17.1 Å². The summed E-state index contributed by atoms with van der Waals surface area (Å²) in [6.45, 7) is 0. The lowest BCUT2D eigenvalue weighted by Gasteiger charge is -2.23. The van der Waals surface area contributed by atoms with E-state index in [0.29, 0.717) is 11.5 Å². The first-order chi connectivity index (χ1) is 15.1. The molecule has 0 fully saturated rings. The summed E-state index contributed by atoms with van der Waals surface area (Å²) < 4.78 is 6.69. The second kappa shape index (κ2) is 9.68. The van der Waals surface area contributed by atoms with Gasteiger partial charge in [-0.3, -0.25) is 14.5 Å². The van der Waals surface area contributed by atoms with Gasteiger partial charge in [-0.15, -0.1) is 0 Å². The van der Waals surface area contributed by atoms with Crippen molar-refractivity contribution in [3.05, 3.63) is 65.5 Å². The Hall–Kier alpha value is -3.29. The van der Waals surface area contributed by atoms with Gasteiger partial charge in [0.15, 0.2) is 0 Å². The van der Waals surface area contributed by atoms with Crippen molar-refractivity contribution < 1.29 is 14.6 Å². The number of hydrogen-bond donors (Lipinski definition) is 1. The lowest BCUT2D eigenvalue weighted by molar-refractivity contribution is -0.137. The summed E-state index contributed by atoms with van der Waals surface area (Å²) in [5.41, 5.74) is 4.30. The number of hydrogen-bond acceptors (Lipinski definition) is 6. The van der Waals surface area contributed by atoms with Gasteiger partial charge in [-0.05, 0) is 62.1 Å². The Kier molecular flexibility index (Phi) is 6.54. The van der Waals surface area contributed by atoms with Crippen molar-refractivity contribution in [1.82, 2.24) is 24.7 Å². The number of aryl methyl sites for hydroxylation is 2. The van der Waals surface area contributed by atoms with Crippen molar-refractivity contribution >= 4 is 5.97 Å². The molecule has 31 heavy (non-hydrogen) atoms. The Balaban J connectivity index is 1.36. The van der Waals surface area contributed by atoms with Crippen molar-refractivity contribution in [1.29, 1.82) is 0 Å². The third-order valence-electron chi connectivity index (χ3n) is 5.90. The number of pyridine rings is 1. The molecule has 0 radical (unpaired) electrons. The van der Waals surface area contributed by atoms with Crippen LogP contribution in [0.25, 0.3) is 0 Å². The van der Waals surface area contributed by atoms with E-state index >= 15 is 0 Å². The highest BCUT2D eigenvalue weighted by Gasteiger charge is 2.21. The first-order valence-electron chi connectivity index (χ1n) is 10.7. The SMILES string of the molecule is COc1ncc([C@H](CC(=O)O)n2ccc(CCC[C@@H]3CCc4cccnc4C3)n2)cn1. The summed E-state index contributed by atoms with van der Waals surface area (Å²) in [7, 11) is 1.49. The Morgan fingerprint density at radius 1 is 1.29 bits per heavy atom. The van der Waals surface area contributed by atoms with E-state index in [1.165, 1.54) is 24.8 Å². The highest BCUT2D eigenvalue weighted by molar-refractivity contribution is 5.68. The van der Waals surface area contributed by atoms with Gasteiger partial charge in [0.25, 0.3) is 0 Å². The molecule has 0 amide bonds. The summed E-state index contributed by atoms with van der Waals surface area (Å²) in [6, 6.07) is 5.96. The molecule has 1 aliphatic rings. The Morgan fingerprint density at radius 3 is 2.90 bits per heavy atom. The first-order valence-corrected chi connectivity index (χ1v) is 10.7. The van der Waals surface area contributed by atoms with Gasteiger partial charge < -0.3 is 9.84 Å². The monoisotopic (exact) mass is 421 g/mol. The Bertz CT molecular complexity index is 1020. The van der Waals surface area contributed by atoms with Gasteiger partial charge in [0.05, 0.1) is 25.3 Å². The number of carboxylic acid groups (broad SMARTS) is 1. The Labute approximate surface area is 181 Å². The zero-order valence-electron chi connectivity index (χ0n) is 17.6. The van der Waals surface area contributed by atoms with E-state index in [1.807, 2.05) is 24.5 Å². The van der Waals surface area contributed by atoms with E-state index in [9.17, 15) is 9.90 Å². The molecule has 162 valence electrons. The van der Waals surface area contributed by atoms with Gasteiger partial charge in [0.1, 0.15) is 0 Å². The molecule has 0 spiro atoms. The molecule has 1 aliphatic carbocycles. The average molecular weight is 422 g/mol. The lowest BCUT2D eigenvalue weighted by atomic mass is 9.84. The predicted molar refractivity (Wildman–Crippen MR) is 114 cm³/mol. The summed E-state index contributed by atoms with van der Waals surface area (Å²) >= 11 is 0. The number of carbonyl (C=O) groups is 1. The van der Waals surface area contributed by atoms with Crippen LogP contribution >= 0.6 is 0 Å². The summed E-state index contributed by atoms with van der Waals surface area (Å²) in [4.78, 5) is 24.2. The van der Waals surface area contributed by atoms with Crippen LogP contribution in [0.1, 0.15) is 54.2 Å². The average Bonchev–Trinajstić information content (AvgIpc) is 3.26. The van der Waals surface area contributed by atoms with Gasteiger partial charge in [0, 0.05) is 36.0 Å². The van der Waals surface area contributed by atoms with Gasteiger partial charge in [-0.1, -0.05) is 6.07 Å². The number of aromatic nitrogens is 5. The summed E-state index contributed by atoms with van der Waals surface area (Å²) in [5.74, 6) is -0.232. The van der Waals surface area contributed by atoms with Crippen molar-refractivity contribution in [3.63, 3.8) is 0 Å². The third kappa shape index (κ3) is 5.25. The predicted octanol–water partition coefficient (Wildman–Crippen LogP) is 3.27. The zero-order valence-corrected chi connectivity index (χ0v) is 17.6. The molecule has 4 rings (SSSR count). The fourth-order valence-electron chi connectivity index (χ4n) is 4.25. The highest BCUT2D eigenvalue weighted by atomic mass is 16.5. The van der Waals surface area contributed by atoms with E-state index in [0.717, 1.165) is 37.8 Å². The minimum atomic E-state index is -0.899. The quantitative estimate of drug-likeness (QED) is 0.565. The van der Waals surface area contributed by atoms with E-state index in [4.69, 9.17) is 4.74 Å². The Morgan fingerprint density at radius 2 is 2.13 bits per heavy atom. The van der Waals surface area contributed by atoms with Crippen LogP contribution in [-0.2, 0) is 24.1 Å². The molecule has 2 atom stereocenters. The number of fused-ring (bicyclic) bond motifs is 1. The number of ether oxygens (including phenoxy) is 1. The molecule has 1 N–H and O–H groups in total. The molecule has 3 aromatic rings. The fraction of sp³-hybridized carbons (Fsp3) is 0.435. The van der Waals surface area contributed by atoms with Gasteiger partial charge >= 0.3 is 12.0 Å². The van der Waals surface area contributed by atoms with Crippen molar-refractivity contribution in [2.75, 3.05) is 7.11 Å². The van der Waals surface area contributed by atoms with E-state index in [-0.39, 0.29) is 12.4 Å². The van der Waals surface area contributed by atoms with Gasteiger partial charge in [-0.25, -0.2) is 9.97 Å². The first kappa shape index (κ1) is 21.0. The normalized spacial score (nSPS) is 16.5. The maximum absolute atomic E-state index is 11.4. The largest absolute Gasteiger partial charge is 0.481 e. The molecule has 0 unspecified atom stereocenters. The molecule has 8 nitrogen and oxygen atoms in total. The van der Waals surface area contributed by atoms with Crippen LogP contribution in [0.2, 0.25) is 0 Å². The second-order valence-electron chi connectivity index (χ2n) is 8.01. The molecule has 0 saturated heterocycles. The fourth-order valence-corrected chi connectivity index (χ4v) is 4.25. The molecule has 0 aromatic carbocycles. The number of aliphatic carboxylic acids is 1. The maximum atomic E-state index is 11.4. The van der Waals surface area contributed by atoms with E-state index in [2.05, 4.69) is 26.1 Å². The minimum absolute atomic E-state index is 0.0920. The zero-order chi connectivity index (χ0) is 21.6. The molecule has 0 saturated carbocycles. The summed E-state index contributed by atoms with van der Waals surface area (Å²) in [5, 5.41) is 14.0. The van der Waals surface area contributed by atoms with E-state index < -0.39 is 12.0 Å². The molecular weight excluding hydrogens is 394 g/mol. The van der Waals surface area contributed by atoms with Crippen molar-refractivity contribution in [2.24, 2.45) is 5.92 Å². The second-order valence-corrected chi connectivity index (χ2v) is 8.01. The maximum Gasteiger partial charge on any atom is 0.316 e. The van der Waals surface area contributed by atoms with Crippen LogP contribution in [0, 0.1) is 5.92 Å². The number of methoxy groups -OCH3 is 1. The number of rotatable bonds is 9.